The van der Waals surface area contributed by atoms with E-state index in [-0.39, 0.29) is 0 Å². The van der Waals surface area contributed by atoms with E-state index < -0.39 is 0 Å². The summed E-state index contributed by atoms with van der Waals surface area (Å²) in [5, 5.41) is 2.88. The third kappa shape index (κ3) is 4.81. The van der Waals surface area contributed by atoms with Gasteiger partial charge in [-0.1, -0.05) is 6.08 Å². The first-order valence-electron chi connectivity index (χ1n) is 2.81. The molecule has 1 N–H and O–H groups in total. The number of rotatable bonds is 3. The van der Waals surface area contributed by atoms with Crippen LogP contribution >= 0.6 is 0 Å². The molecule has 0 aliphatic carbocycles. The Morgan fingerprint density at radius 1 is 1.56 bits per heavy atom. The largest absolute Gasteiger partial charge is 0.365 e. The van der Waals surface area contributed by atoms with E-state index in [1.54, 1.807) is 6.20 Å². The SMILES string of the molecule is C/C=C\N/C(C)=C\C=O. The zero-order chi connectivity index (χ0) is 7.11. The van der Waals surface area contributed by atoms with Gasteiger partial charge in [-0.25, -0.2) is 0 Å². The molecule has 0 aromatic heterocycles. The molecule has 0 spiro atoms. The fourth-order valence-electron chi connectivity index (χ4n) is 0.365. The number of carbonyl (C=O) groups excluding carboxylic acids is 1. The maximum atomic E-state index is 9.84. The molecule has 0 radical (unpaired) electrons. The van der Waals surface area contributed by atoms with Gasteiger partial charge in [-0.3, -0.25) is 4.79 Å². The average molecular weight is 125 g/mol. The number of hydrogen-bond acceptors (Lipinski definition) is 2. The third-order valence-corrected chi connectivity index (χ3v) is 0.796. The van der Waals surface area contributed by atoms with Crippen LogP contribution < -0.4 is 5.32 Å². The maximum Gasteiger partial charge on any atom is 0.144 e. The lowest BCUT2D eigenvalue weighted by Gasteiger charge is -1.94. The minimum Gasteiger partial charge on any atom is -0.365 e. The molecule has 2 heteroatoms. The summed E-state index contributed by atoms with van der Waals surface area (Å²) in [5.41, 5.74) is 0.850. The van der Waals surface area contributed by atoms with Gasteiger partial charge in [-0.2, -0.15) is 0 Å². The van der Waals surface area contributed by atoms with Crippen LogP contribution in [0.25, 0.3) is 0 Å². The van der Waals surface area contributed by atoms with Crippen LogP contribution in [0.15, 0.2) is 24.0 Å². The van der Waals surface area contributed by atoms with E-state index in [0.29, 0.717) is 0 Å². The molecule has 0 aliphatic rings. The fraction of sp³-hybridized carbons (Fsp3) is 0.286. The highest BCUT2D eigenvalue weighted by Gasteiger charge is 1.77. The molecule has 0 aliphatic heterocycles. The monoisotopic (exact) mass is 125 g/mol. The van der Waals surface area contributed by atoms with Crippen molar-refractivity contribution in [3.05, 3.63) is 24.0 Å². The Hall–Kier alpha value is -1.05. The summed E-state index contributed by atoms with van der Waals surface area (Å²) in [6, 6.07) is 0. The number of hydrogen-bond donors (Lipinski definition) is 1. The first-order chi connectivity index (χ1) is 4.31. The van der Waals surface area contributed by atoms with Crippen LogP contribution in [0.3, 0.4) is 0 Å². The Morgan fingerprint density at radius 2 is 2.22 bits per heavy atom. The smallest absolute Gasteiger partial charge is 0.144 e. The van der Waals surface area contributed by atoms with E-state index in [4.69, 9.17) is 0 Å². The molecule has 0 aromatic rings. The second-order valence-corrected chi connectivity index (χ2v) is 1.63. The van der Waals surface area contributed by atoms with Crippen LogP contribution in [0.4, 0.5) is 0 Å². The molecule has 0 unspecified atom stereocenters. The second-order valence-electron chi connectivity index (χ2n) is 1.63. The molecule has 0 bridgehead atoms. The molecule has 0 heterocycles. The average Bonchev–Trinajstić information content (AvgIpc) is 1.85. The summed E-state index contributed by atoms with van der Waals surface area (Å²) in [7, 11) is 0. The zero-order valence-electron chi connectivity index (χ0n) is 5.72. The van der Waals surface area contributed by atoms with E-state index in [1.165, 1.54) is 6.08 Å². The molecule has 2 nitrogen and oxygen atoms in total. The van der Waals surface area contributed by atoms with Crippen molar-refractivity contribution in [2.24, 2.45) is 0 Å². The Bertz CT molecular complexity index is 136. The van der Waals surface area contributed by atoms with Gasteiger partial charge in [0.15, 0.2) is 0 Å². The van der Waals surface area contributed by atoms with Crippen molar-refractivity contribution in [3.63, 3.8) is 0 Å². The highest BCUT2D eigenvalue weighted by atomic mass is 16.1. The van der Waals surface area contributed by atoms with Gasteiger partial charge >= 0.3 is 0 Å². The van der Waals surface area contributed by atoms with E-state index in [0.717, 1.165) is 12.0 Å². The Labute approximate surface area is 55.3 Å². The van der Waals surface area contributed by atoms with Crippen LogP contribution in [0, 0.1) is 0 Å². The first-order valence-corrected chi connectivity index (χ1v) is 2.81. The van der Waals surface area contributed by atoms with Gasteiger partial charge in [-0.05, 0) is 26.1 Å². The zero-order valence-corrected chi connectivity index (χ0v) is 5.72. The molecular formula is C7H11NO. The quantitative estimate of drug-likeness (QED) is 0.453. The molecule has 9 heavy (non-hydrogen) atoms. The van der Waals surface area contributed by atoms with Gasteiger partial charge < -0.3 is 5.32 Å². The normalized spacial score (nSPS) is 12.0. The van der Waals surface area contributed by atoms with Crippen molar-refractivity contribution in [2.45, 2.75) is 13.8 Å². The first kappa shape index (κ1) is 7.95. The molecular weight excluding hydrogens is 114 g/mol. The fourth-order valence-corrected chi connectivity index (χ4v) is 0.365. The minimum atomic E-state index is 0.756. The number of nitrogens with one attached hydrogen (secondary N) is 1. The van der Waals surface area contributed by atoms with E-state index >= 15 is 0 Å². The maximum absolute atomic E-state index is 9.84. The van der Waals surface area contributed by atoms with Gasteiger partial charge in [0.1, 0.15) is 6.29 Å². The standard InChI is InChI=1S/C7H11NO/c1-3-5-8-7(2)4-6-9/h3-6,8H,1-2H3/b5-3-,7-4-. The van der Waals surface area contributed by atoms with E-state index in [2.05, 4.69) is 5.32 Å². The highest BCUT2D eigenvalue weighted by Crippen LogP contribution is 1.81. The van der Waals surface area contributed by atoms with Gasteiger partial charge in [0.25, 0.3) is 0 Å². The summed E-state index contributed by atoms with van der Waals surface area (Å²) in [6.45, 7) is 3.73. The van der Waals surface area contributed by atoms with Crippen molar-refractivity contribution in [1.82, 2.24) is 5.32 Å². The molecule has 50 valence electrons. The predicted octanol–water partition coefficient (Wildman–Crippen LogP) is 1.21. The van der Waals surface area contributed by atoms with Crippen LogP contribution in [-0.4, -0.2) is 6.29 Å². The van der Waals surface area contributed by atoms with Crippen LogP contribution in [0.2, 0.25) is 0 Å². The number of aldehydes is 1. The van der Waals surface area contributed by atoms with Crippen molar-refractivity contribution in [2.75, 3.05) is 0 Å². The predicted molar refractivity (Wildman–Crippen MR) is 37.8 cm³/mol. The molecule has 0 amide bonds. The van der Waals surface area contributed by atoms with Gasteiger partial charge in [0.2, 0.25) is 0 Å². The van der Waals surface area contributed by atoms with E-state index in [1.807, 2.05) is 19.9 Å². The molecule has 0 atom stereocenters. The summed E-state index contributed by atoms with van der Waals surface area (Å²) in [5.74, 6) is 0. The number of allylic oxidation sites excluding steroid dienone is 3. The Balaban J connectivity index is 3.61. The summed E-state index contributed by atoms with van der Waals surface area (Å²) in [4.78, 5) is 9.84. The lowest BCUT2D eigenvalue weighted by atomic mass is 10.4. The summed E-state index contributed by atoms with van der Waals surface area (Å²) in [6.07, 6.45) is 5.86. The van der Waals surface area contributed by atoms with Gasteiger partial charge in [-0.15, -0.1) is 0 Å². The van der Waals surface area contributed by atoms with Gasteiger partial charge in [0, 0.05) is 5.70 Å². The molecule has 0 fully saturated rings. The topological polar surface area (TPSA) is 29.1 Å². The van der Waals surface area contributed by atoms with E-state index in [9.17, 15) is 4.79 Å². The third-order valence-electron chi connectivity index (χ3n) is 0.796. The Kier molecular flexibility index (Phi) is 4.50. The molecule has 0 saturated heterocycles. The Morgan fingerprint density at radius 3 is 2.67 bits per heavy atom. The van der Waals surface area contributed by atoms with Crippen molar-refractivity contribution < 1.29 is 4.79 Å². The van der Waals surface area contributed by atoms with Crippen molar-refractivity contribution >= 4 is 6.29 Å². The number of carbonyl (C=O) groups is 1. The van der Waals surface area contributed by atoms with Crippen LogP contribution in [0.5, 0.6) is 0 Å². The summed E-state index contributed by atoms with van der Waals surface area (Å²) >= 11 is 0. The molecule has 0 rings (SSSR count). The van der Waals surface area contributed by atoms with Crippen molar-refractivity contribution in [1.29, 1.82) is 0 Å². The summed E-state index contributed by atoms with van der Waals surface area (Å²) < 4.78 is 0. The molecule has 0 saturated carbocycles. The second kappa shape index (κ2) is 5.09. The molecule has 0 aromatic carbocycles. The lowest BCUT2D eigenvalue weighted by Crippen LogP contribution is -1.99. The highest BCUT2D eigenvalue weighted by molar-refractivity contribution is 5.65. The van der Waals surface area contributed by atoms with Crippen LogP contribution in [0.1, 0.15) is 13.8 Å². The van der Waals surface area contributed by atoms with Crippen molar-refractivity contribution in [3.8, 4) is 0 Å². The minimum absolute atomic E-state index is 0.756. The van der Waals surface area contributed by atoms with Gasteiger partial charge in [0.05, 0.1) is 0 Å². The lowest BCUT2D eigenvalue weighted by molar-refractivity contribution is -0.104. The van der Waals surface area contributed by atoms with Crippen LogP contribution in [-0.2, 0) is 4.79 Å².